The number of carbonyl (C=O) groups is 1. The zero-order valence-electron chi connectivity index (χ0n) is 23.2. The Labute approximate surface area is 256 Å². The number of hydrogen-bond donors (Lipinski definition) is 3. The fraction of sp³-hybridized carbons (Fsp3) is 0.464. The average Bonchev–Trinajstić information content (AvgIpc) is 2.99. The van der Waals surface area contributed by atoms with Crippen molar-refractivity contribution in [3.63, 3.8) is 0 Å². The van der Waals surface area contributed by atoms with Gasteiger partial charge in [0.25, 0.3) is 0 Å². The molecule has 1 saturated heterocycles. The monoisotopic (exact) mass is 687 g/mol. The number of aromatic nitrogens is 2. The molecular weight excluding hydrogens is 655 g/mol. The largest absolute Gasteiger partial charge is 0.490 e. The maximum Gasteiger partial charge on any atom is 0.490 e. The van der Waals surface area contributed by atoms with Crippen LogP contribution in [-0.2, 0) is 19.6 Å². The second-order valence-corrected chi connectivity index (χ2v) is 13.0. The molecule has 1 saturated carbocycles. The van der Waals surface area contributed by atoms with Crippen LogP contribution in [0.3, 0.4) is 0 Å². The van der Waals surface area contributed by atoms with Gasteiger partial charge in [0.2, 0.25) is 16.0 Å². The van der Waals surface area contributed by atoms with Crippen molar-refractivity contribution < 1.29 is 36.2 Å². The molecule has 0 radical (unpaired) electrons. The number of hydrogen-bond acceptors (Lipinski definition) is 8. The standard InChI is InChI=1S/C26H32BrN5O3S.C2HF3O2/c27-21-9-11-22(12-10-21)36(33,34)29-18-20-7-5-19(6-8-20)17-28-26-30-24-4-2-1-3-23(24)25(31-26)32-13-15-35-16-14-32;3-2(4,5)1(6)7/h1-4,9-12,19-20,29H,5-8,13-18H2,(H,28,30,31);(H,6,7). The number of carboxylic acid groups (broad SMARTS) is 1. The van der Waals surface area contributed by atoms with Crippen molar-refractivity contribution in [3.8, 4) is 0 Å². The Morgan fingerprint density at radius 3 is 2.16 bits per heavy atom. The van der Waals surface area contributed by atoms with Crippen molar-refractivity contribution in [1.29, 1.82) is 0 Å². The van der Waals surface area contributed by atoms with E-state index < -0.39 is 22.2 Å². The number of rotatable bonds is 8. The highest BCUT2D eigenvalue weighted by atomic mass is 79.9. The molecule has 2 aliphatic rings. The molecule has 1 aliphatic carbocycles. The fourth-order valence-corrected chi connectivity index (χ4v) is 6.34. The normalized spacial score (nSPS) is 19.4. The first-order valence-corrected chi connectivity index (χ1v) is 16.1. The predicted molar refractivity (Wildman–Crippen MR) is 160 cm³/mol. The van der Waals surface area contributed by atoms with Crippen LogP contribution in [0.4, 0.5) is 24.9 Å². The fourth-order valence-electron chi connectivity index (χ4n) is 4.96. The van der Waals surface area contributed by atoms with Crippen LogP contribution in [0.25, 0.3) is 10.9 Å². The van der Waals surface area contributed by atoms with E-state index in [1.807, 2.05) is 18.2 Å². The maximum absolute atomic E-state index is 12.6. The molecule has 234 valence electrons. The van der Waals surface area contributed by atoms with Crippen LogP contribution in [0.5, 0.6) is 0 Å². The van der Waals surface area contributed by atoms with Crippen LogP contribution in [0, 0.1) is 11.8 Å². The summed E-state index contributed by atoms with van der Waals surface area (Å²) in [6, 6.07) is 14.9. The molecule has 3 aromatic rings. The summed E-state index contributed by atoms with van der Waals surface area (Å²) in [6.07, 6.45) is -0.956. The number of nitrogens with one attached hydrogen (secondary N) is 2. The number of fused-ring (bicyclic) bond motifs is 1. The number of nitrogens with zero attached hydrogens (tertiary/aromatic N) is 3. The molecule has 0 amide bonds. The summed E-state index contributed by atoms with van der Waals surface area (Å²) >= 11 is 3.34. The van der Waals surface area contributed by atoms with Crippen LogP contribution in [0.15, 0.2) is 57.9 Å². The van der Waals surface area contributed by atoms with Gasteiger partial charge in [-0.3, -0.25) is 0 Å². The number of ether oxygens (including phenoxy) is 1. The van der Waals surface area contributed by atoms with Crippen molar-refractivity contribution in [2.75, 3.05) is 49.6 Å². The summed E-state index contributed by atoms with van der Waals surface area (Å²) < 4.78 is 66.1. The number of para-hydroxylation sites is 1. The Kier molecular flexibility index (Phi) is 11.2. The lowest BCUT2D eigenvalue weighted by molar-refractivity contribution is -0.192. The maximum atomic E-state index is 12.6. The second-order valence-electron chi connectivity index (χ2n) is 10.4. The van der Waals surface area contributed by atoms with E-state index in [-0.39, 0.29) is 0 Å². The molecule has 0 spiro atoms. The molecule has 2 fully saturated rings. The van der Waals surface area contributed by atoms with E-state index in [2.05, 4.69) is 36.9 Å². The molecule has 1 aliphatic heterocycles. The molecular formula is C28H33BrF3N5O5S. The van der Waals surface area contributed by atoms with Gasteiger partial charge in [-0.1, -0.05) is 28.1 Å². The minimum absolute atomic E-state index is 0.301. The van der Waals surface area contributed by atoms with Crippen molar-refractivity contribution in [2.45, 2.75) is 36.8 Å². The lowest BCUT2D eigenvalue weighted by Crippen LogP contribution is -2.37. The summed E-state index contributed by atoms with van der Waals surface area (Å²) in [4.78, 5) is 21.1. The van der Waals surface area contributed by atoms with Crippen LogP contribution < -0.4 is 14.9 Å². The van der Waals surface area contributed by atoms with Gasteiger partial charge in [0.15, 0.2) is 0 Å². The lowest BCUT2D eigenvalue weighted by atomic mass is 9.82. The van der Waals surface area contributed by atoms with Crippen LogP contribution in [0.1, 0.15) is 25.7 Å². The number of halogens is 4. The highest BCUT2D eigenvalue weighted by molar-refractivity contribution is 9.10. The molecule has 0 atom stereocenters. The minimum Gasteiger partial charge on any atom is -0.475 e. The van der Waals surface area contributed by atoms with E-state index in [9.17, 15) is 21.6 Å². The summed E-state index contributed by atoms with van der Waals surface area (Å²) in [6.45, 7) is 4.38. The van der Waals surface area contributed by atoms with Gasteiger partial charge in [0.05, 0.1) is 23.6 Å². The number of aliphatic carboxylic acids is 1. The number of morpholine rings is 1. The van der Waals surface area contributed by atoms with Gasteiger partial charge in [-0.2, -0.15) is 18.2 Å². The quantitative estimate of drug-likeness (QED) is 0.297. The molecule has 15 heteroatoms. The van der Waals surface area contributed by atoms with Crippen LogP contribution in [0.2, 0.25) is 0 Å². The molecule has 10 nitrogen and oxygen atoms in total. The Bertz CT molecular complexity index is 1480. The molecule has 43 heavy (non-hydrogen) atoms. The molecule has 0 unspecified atom stereocenters. The van der Waals surface area contributed by atoms with Gasteiger partial charge < -0.3 is 20.1 Å². The van der Waals surface area contributed by atoms with Gasteiger partial charge in [-0.15, -0.1) is 0 Å². The zero-order valence-corrected chi connectivity index (χ0v) is 25.6. The SMILES string of the molecule is O=C(O)C(F)(F)F.O=S(=O)(NCC1CCC(CNc2nc(N3CCOCC3)c3ccccc3n2)CC1)c1ccc(Br)cc1. The first-order valence-electron chi connectivity index (χ1n) is 13.8. The number of anilines is 2. The van der Waals surface area contributed by atoms with Gasteiger partial charge in [-0.25, -0.2) is 22.9 Å². The first-order chi connectivity index (χ1) is 20.4. The number of alkyl halides is 3. The molecule has 2 heterocycles. The van der Waals surface area contributed by atoms with E-state index in [0.717, 1.165) is 66.5 Å². The van der Waals surface area contributed by atoms with Crippen molar-refractivity contribution in [3.05, 3.63) is 53.0 Å². The molecule has 1 aromatic heterocycles. The topological polar surface area (TPSA) is 134 Å². The van der Waals surface area contributed by atoms with Crippen molar-refractivity contribution >= 4 is 54.6 Å². The van der Waals surface area contributed by atoms with E-state index in [0.29, 0.717) is 42.4 Å². The van der Waals surface area contributed by atoms with E-state index in [4.69, 9.17) is 24.6 Å². The Balaban J connectivity index is 0.000000541. The van der Waals surface area contributed by atoms with Gasteiger partial charge in [-0.05, 0) is 73.9 Å². The van der Waals surface area contributed by atoms with Crippen LogP contribution in [-0.4, -0.2) is 75.0 Å². The third kappa shape index (κ3) is 9.49. The predicted octanol–water partition coefficient (Wildman–Crippen LogP) is 5.06. The van der Waals surface area contributed by atoms with E-state index in [1.54, 1.807) is 24.3 Å². The number of benzene rings is 2. The zero-order chi connectivity index (χ0) is 31.0. The third-order valence-corrected chi connectivity index (χ3v) is 9.31. The third-order valence-electron chi connectivity index (χ3n) is 7.34. The Morgan fingerprint density at radius 1 is 0.977 bits per heavy atom. The van der Waals surface area contributed by atoms with Gasteiger partial charge in [0, 0.05) is 36.0 Å². The highest BCUT2D eigenvalue weighted by Crippen LogP contribution is 2.30. The highest BCUT2D eigenvalue weighted by Gasteiger charge is 2.38. The van der Waals surface area contributed by atoms with Crippen molar-refractivity contribution in [1.82, 2.24) is 14.7 Å². The minimum atomic E-state index is -5.08. The number of carboxylic acids is 1. The smallest absolute Gasteiger partial charge is 0.475 e. The molecule has 3 N–H and O–H groups in total. The molecule has 5 rings (SSSR count). The molecule has 0 bridgehead atoms. The Morgan fingerprint density at radius 2 is 1.56 bits per heavy atom. The second kappa shape index (κ2) is 14.6. The first kappa shape index (κ1) is 32.9. The lowest BCUT2D eigenvalue weighted by Gasteiger charge is -2.30. The van der Waals surface area contributed by atoms with E-state index >= 15 is 0 Å². The number of sulfonamides is 1. The molecule has 2 aromatic carbocycles. The van der Waals surface area contributed by atoms with Gasteiger partial charge in [0.1, 0.15) is 5.82 Å². The van der Waals surface area contributed by atoms with Crippen molar-refractivity contribution in [2.24, 2.45) is 11.8 Å². The van der Waals surface area contributed by atoms with Gasteiger partial charge >= 0.3 is 12.1 Å². The average molecular weight is 689 g/mol. The summed E-state index contributed by atoms with van der Waals surface area (Å²) in [5.41, 5.74) is 0.943. The summed E-state index contributed by atoms with van der Waals surface area (Å²) in [5.74, 6) is -0.247. The summed E-state index contributed by atoms with van der Waals surface area (Å²) in [5, 5.41) is 11.7. The summed E-state index contributed by atoms with van der Waals surface area (Å²) in [7, 11) is -3.48. The van der Waals surface area contributed by atoms with Crippen LogP contribution >= 0.6 is 15.9 Å². The van der Waals surface area contributed by atoms with E-state index in [1.165, 1.54) is 0 Å². The Hall–Kier alpha value is -3.01.